The smallest absolute Gasteiger partial charge is 0.0543 e. The van der Waals surface area contributed by atoms with Crippen molar-refractivity contribution >= 4 is 0 Å². The number of aliphatic hydroxyl groups is 1. The molecule has 0 aliphatic heterocycles. The van der Waals surface area contributed by atoms with Crippen LogP contribution in [0.1, 0.15) is 106 Å². The van der Waals surface area contributed by atoms with Gasteiger partial charge in [-0.1, -0.05) is 53.7 Å². The van der Waals surface area contributed by atoms with Crippen molar-refractivity contribution in [3.63, 3.8) is 0 Å². The van der Waals surface area contributed by atoms with Crippen molar-refractivity contribution < 1.29 is 5.11 Å². The molecule has 4 rings (SSSR count). The summed E-state index contributed by atoms with van der Waals surface area (Å²) in [6.45, 7) is 14.9. The average molecular weight is 415 g/mol. The standard InChI is InChI=1S/C29H50O/c1-7-21(19(2)3)9-8-20(4)25-12-13-26-24-11-10-22-18-23(30)14-16-28(22,5)27(24)15-17-29(25,26)6/h8-9,19-27,30H,7,10-18H2,1-6H3/t20-,21-,22+,23+,24-,25-,26+,27+,28+,29-/m1/s1. The van der Waals surface area contributed by atoms with Gasteiger partial charge in [0.1, 0.15) is 0 Å². The first-order chi connectivity index (χ1) is 14.2. The van der Waals surface area contributed by atoms with E-state index < -0.39 is 0 Å². The summed E-state index contributed by atoms with van der Waals surface area (Å²) in [4.78, 5) is 0. The quantitative estimate of drug-likeness (QED) is 0.454. The summed E-state index contributed by atoms with van der Waals surface area (Å²) >= 11 is 0. The van der Waals surface area contributed by atoms with E-state index in [1.807, 2.05) is 0 Å². The Morgan fingerprint density at radius 2 is 1.57 bits per heavy atom. The second-order valence-electron chi connectivity index (χ2n) is 12.9. The van der Waals surface area contributed by atoms with E-state index in [0.717, 1.165) is 60.2 Å². The first-order valence-corrected chi connectivity index (χ1v) is 13.6. The van der Waals surface area contributed by atoms with Crippen LogP contribution in [-0.2, 0) is 0 Å². The van der Waals surface area contributed by atoms with Crippen LogP contribution in [0.15, 0.2) is 12.2 Å². The molecule has 4 aliphatic rings. The van der Waals surface area contributed by atoms with E-state index in [1.54, 1.807) is 0 Å². The summed E-state index contributed by atoms with van der Waals surface area (Å²) < 4.78 is 0. The SMILES string of the molecule is CC[C@H](C=C[C@@H](C)[C@H]1CC[C@H]2[C@H]3CC[C@H]4C[C@@H](O)CC[C@]4(C)[C@H]3CC[C@]12C)C(C)C. The maximum absolute atomic E-state index is 10.3. The van der Waals surface area contributed by atoms with Gasteiger partial charge in [-0.3, -0.25) is 0 Å². The third-order valence-electron chi connectivity index (χ3n) is 11.3. The van der Waals surface area contributed by atoms with E-state index in [0.29, 0.717) is 10.8 Å². The fourth-order valence-corrected chi connectivity index (χ4v) is 9.42. The molecule has 0 unspecified atom stereocenters. The van der Waals surface area contributed by atoms with Gasteiger partial charge >= 0.3 is 0 Å². The molecule has 0 aromatic carbocycles. The molecule has 1 N–H and O–H groups in total. The van der Waals surface area contributed by atoms with Gasteiger partial charge in [0, 0.05) is 0 Å². The summed E-state index contributed by atoms with van der Waals surface area (Å²) in [6, 6.07) is 0. The van der Waals surface area contributed by atoms with Crippen molar-refractivity contribution in [2.24, 2.45) is 58.2 Å². The van der Waals surface area contributed by atoms with Gasteiger partial charge in [0.05, 0.1) is 6.10 Å². The molecule has 0 spiro atoms. The summed E-state index contributed by atoms with van der Waals surface area (Å²) in [5.74, 6) is 6.72. The van der Waals surface area contributed by atoms with Gasteiger partial charge in [-0.05, 0) is 122 Å². The molecule has 0 amide bonds. The van der Waals surface area contributed by atoms with Crippen LogP contribution >= 0.6 is 0 Å². The largest absolute Gasteiger partial charge is 0.393 e. The Kier molecular flexibility index (Phi) is 6.53. The Bertz CT molecular complexity index is 622. The molecule has 0 saturated heterocycles. The Balaban J connectivity index is 1.49. The van der Waals surface area contributed by atoms with E-state index in [-0.39, 0.29) is 6.10 Å². The number of fused-ring (bicyclic) bond motifs is 5. The minimum atomic E-state index is -0.0187. The lowest BCUT2D eigenvalue weighted by atomic mass is 9.44. The highest BCUT2D eigenvalue weighted by Crippen LogP contribution is 2.68. The zero-order chi connectivity index (χ0) is 21.7. The van der Waals surface area contributed by atoms with Crippen LogP contribution in [0.5, 0.6) is 0 Å². The number of rotatable bonds is 5. The lowest BCUT2D eigenvalue weighted by Crippen LogP contribution is -2.54. The van der Waals surface area contributed by atoms with E-state index in [9.17, 15) is 5.11 Å². The van der Waals surface area contributed by atoms with E-state index in [4.69, 9.17) is 0 Å². The Labute approximate surface area is 187 Å². The summed E-state index contributed by atoms with van der Waals surface area (Å²) in [6.07, 6.45) is 18.5. The fourth-order valence-electron chi connectivity index (χ4n) is 9.42. The van der Waals surface area contributed by atoms with Gasteiger partial charge in [-0.2, -0.15) is 0 Å². The topological polar surface area (TPSA) is 20.2 Å². The van der Waals surface area contributed by atoms with Crippen molar-refractivity contribution in [2.75, 3.05) is 0 Å². The molecule has 4 saturated carbocycles. The lowest BCUT2D eigenvalue weighted by Gasteiger charge is -2.61. The van der Waals surface area contributed by atoms with Crippen LogP contribution in [0.25, 0.3) is 0 Å². The molecule has 1 nitrogen and oxygen atoms in total. The summed E-state index contributed by atoms with van der Waals surface area (Å²) in [7, 11) is 0. The Morgan fingerprint density at radius 3 is 2.27 bits per heavy atom. The molecular weight excluding hydrogens is 364 g/mol. The Morgan fingerprint density at radius 1 is 0.867 bits per heavy atom. The average Bonchev–Trinajstić information content (AvgIpc) is 3.06. The van der Waals surface area contributed by atoms with Crippen LogP contribution in [-0.4, -0.2) is 11.2 Å². The molecule has 1 heteroatoms. The second-order valence-corrected chi connectivity index (χ2v) is 12.9. The molecule has 30 heavy (non-hydrogen) atoms. The summed E-state index contributed by atoms with van der Waals surface area (Å²) in [5, 5.41) is 10.3. The van der Waals surface area contributed by atoms with Gasteiger partial charge in [0.2, 0.25) is 0 Å². The normalized spacial score (nSPS) is 48.3. The number of hydrogen-bond acceptors (Lipinski definition) is 1. The maximum Gasteiger partial charge on any atom is 0.0543 e. The number of allylic oxidation sites excluding steroid dienone is 2. The first-order valence-electron chi connectivity index (χ1n) is 13.6. The number of aliphatic hydroxyl groups excluding tert-OH is 1. The highest BCUT2D eigenvalue weighted by atomic mass is 16.3. The molecule has 0 aromatic rings. The van der Waals surface area contributed by atoms with Gasteiger partial charge in [0.15, 0.2) is 0 Å². The molecular formula is C29H50O. The molecule has 0 bridgehead atoms. The minimum Gasteiger partial charge on any atom is -0.393 e. The lowest BCUT2D eigenvalue weighted by molar-refractivity contribution is -0.128. The molecule has 4 fully saturated rings. The van der Waals surface area contributed by atoms with E-state index in [1.165, 1.54) is 51.4 Å². The van der Waals surface area contributed by atoms with Gasteiger partial charge in [-0.15, -0.1) is 0 Å². The zero-order valence-electron chi connectivity index (χ0n) is 20.9. The van der Waals surface area contributed by atoms with Crippen LogP contribution in [0, 0.1) is 58.2 Å². The predicted octanol–water partition coefficient (Wildman–Crippen LogP) is 7.88. The zero-order valence-corrected chi connectivity index (χ0v) is 20.9. The van der Waals surface area contributed by atoms with Crippen molar-refractivity contribution in [1.82, 2.24) is 0 Å². The van der Waals surface area contributed by atoms with Crippen LogP contribution in [0.2, 0.25) is 0 Å². The predicted molar refractivity (Wildman–Crippen MR) is 128 cm³/mol. The van der Waals surface area contributed by atoms with Gasteiger partial charge < -0.3 is 5.11 Å². The molecule has 172 valence electrons. The van der Waals surface area contributed by atoms with Crippen molar-refractivity contribution in [3.05, 3.63) is 12.2 Å². The van der Waals surface area contributed by atoms with Crippen LogP contribution in [0.3, 0.4) is 0 Å². The number of hydrogen-bond donors (Lipinski definition) is 1. The molecule has 10 atom stereocenters. The molecule has 0 aromatic heterocycles. The van der Waals surface area contributed by atoms with E-state index in [2.05, 4.69) is 53.7 Å². The van der Waals surface area contributed by atoms with Crippen LogP contribution in [0.4, 0.5) is 0 Å². The minimum absolute atomic E-state index is 0.0187. The maximum atomic E-state index is 10.3. The van der Waals surface area contributed by atoms with Crippen molar-refractivity contribution in [1.29, 1.82) is 0 Å². The Hall–Kier alpha value is -0.300. The second kappa shape index (κ2) is 8.57. The monoisotopic (exact) mass is 414 g/mol. The van der Waals surface area contributed by atoms with Gasteiger partial charge in [-0.25, -0.2) is 0 Å². The summed E-state index contributed by atoms with van der Waals surface area (Å²) in [5.41, 5.74) is 1.07. The highest BCUT2D eigenvalue weighted by Gasteiger charge is 2.60. The van der Waals surface area contributed by atoms with E-state index >= 15 is 0 Å². The first kappa shape index (κ1) is 22.9. The third-order valence-corrected chi connectivity index (χ3v) is 11.3. The molecule has 0 radical (unpaired) electrons. The molecule has 4 aliphatic carbocycles. The highest BCUT2D eigenvalue weighted by molar-refractivity contribution is 5.11. The van der Waals surface area contributed by atoms with Crippen molar-refractivity contribution in [3.8, 4) is 0 Å². The molecule has 0 heterocycles. The van der Waals surface area contributed by atoms with Crippen LogP contribution < -0.4 is 0 Å². The van der Waals surface area contributed by atoms with Gasteiger partial charge in [0.25, 0.3) is 0 Å². The fraction of sp³-hybridized carbons (Fsp3) is 0.931. The van der Waals surface area contributed by atoms with Crippen molar-refractivity contribution in [2.45, 2.75) is 112 Å². The third kappa shape index (κ3) is 3.74.